The van der Waals surface area contributed by atoms with Crippen molar-refractivity contribution in [3.8, 4) is 11.3 Å². The molecule has 0 saturated carbocycles. The Morgan fingerprint density at radius 2 is 1.62 bits per heavy atom. The van der Waals surface area contributed by atoms with Crippen molar-refractivity contribution in [3.63, 3.8) is 0 Å². The number of hydrogen-bond acceptors (Lipinski definition) is 5. The molecule has 0 saturated heterocycles. The van der Waals surface area contributed by atoms with Crippen molar-refractivity contribution in [1.29, 1.82) is 0 Å². The summed E-state index contributed by atoms with van der Waals surface area (Å²) in [6, 6.07) is 14.9. The van der Waals surface area contributed by atoms with Gasteiger partial charge in [-0.3, -0.25) is 4.40 Å². The van der Waals surface area contributed by atoms with Crippen LogP contribution in [-0.4, -0.2) is 33.8 Å². The molecular formula is C21H24N4O4. The molecule has 0 unspecified atom stereocenters. The van der Waals surface area contributed by atoms with E-state index >= 15 is 0 Å². The van der Waals surface area contributed by atoms with E-state index in [1.54, 1.807) is 38.3 Å². The minimum absolute atomic E-state index is 0.346. The first-order valence-corrected chi connectivity index (χ1v) is 9.37. The van der Waals surface area contributed by atoms with Crippen LogP contribution in [-0.2, 0) is 9.47 Å². The third kappa shape index (κ3) is 4.66. The van der Waals surface area contributed by atoms with Gasteiger partial charge in [0.2, 0.25) is 0 Å². The number of anilines is 1. The van der Waals surface area contributed by atoms with E-state index in [0.717, 1.165) is 10.6 Å². The number of hydrazine groups is 1. The van der Waals surface area contributed by atoms with Gasteiger partial charge in [-0.25, -0.2) is 20.0 Å². The summed E-state index contributed by atoms with van der Waals surface area (Å²) in [6.45, 7) is 6.91. The third-order valence-electron chi connectivity index (χ3n) is 3.83. The number of rotatable bonds is 4. The van der Waals surface area contributed by atoms with E-state index in [4.69, 9.17) is 9.47 Å². The maximum Gasteiger partial charge on any atom is 0.435 e. The second-order valence-electron chi connectivity index (χ2n) is 6.91. The summed E-state index contributed by atoms with van der Waals surface area (Å²) in [7, 11) is 0. The number of fused-ring (bicyclic) bond motifs is 1. The van der Waals surface area contributed by atoms with Crippen LogP contribution in [0.25, 0.3) is 16.9 Å². The molecule has 0 aliphatic carbocycles. The summed E-state index contributed by atoms with van der Waals surface area (Å²) in [6.07, 6.45) is -0.495. The normalized spacial score (nSPS) is 11.0. The smallest absolute Gasteiger partial charge is 0.435 e. The lowest BCUT2D eigenvalue weighted by molar-refractivity contribution is 0.103. The molecule has 3 rings (SSSR count). The van der Waals surface area contributed by atoms with E-state index in [1.165, 1.54) is 0 Å². The second-order valence-corrected chi connectivity index (χ2v) is 6.91. The van der Waals surface area contributed by atoms with Gasteiger partial charge in [-0.05, 0) is 39.8 Å². The molecule has 0 aliphatic rings. The van der Waals surface area contributed by atoms with Gasteiger partial charge in [0, 0.05) is 11.8 Å². The number of benzene rings is 1. The van der Waals surface area contributed by atoms with Gasteiger partial charge in [0.05, 0.1) is 12.2 Å². The summed E-state index contributed by atoms with van der Waals surface area (Å²) in [4.78, 5) is 29.9. The zero-order chi connectivity index (χ0) is 21.0. The fraction of sp³-hybridized carbons (Fsp3) is 0.286. The molecular weight excluding hydrogens is 372 g/mol. The lowest BCUT2D eigenvalue weighted by Gasteiger charge is -2.24. The SMILES string of the molecule is CC(C)OC(=O)NN(C(=O)OC(C)C)c1c(-c2ccccc2)nc2ccccn12. The number of aromatic nitrogens is 2. The molecule has 0 fully saturated rings. The summed E-state index contributed by atoms with van der Waals surface area (Å²) < 4.78 is 12.2. The molecule has 0 radical (unpaired) electrons. The number of pyridine rings is 1. The number of nitrogens with zero attached hydrogens (tertiary/aromatic N) is 3. The van der Waals surface area contributed by atoms with Crippen LogP contribution in [0.4, 0.5) is 15.4 Å². The monoisotopic (exact) mass is 396 g/mol. The molecule has 29 heavy (non-hydrogen) atoms. The van der Waals surface area contributed by atoms with Gasteiger partial charge in [0.15, 0.2) is 5.82 Å². The first-order chi connectivity index (χ1) is 13.9. The van der Waals surface area contributed by atoms with Gasteiger partial charge in [-0.2, -0.15) is 5.01 Å². The van der Waals surface area contributed by atoms with E-state index in [9.17, 15) is 9.59 Å². The second kappa shape index (κ2) is 8.64. The van der Waals surface area contributed by atoms with Crippen LogP contribution in [0.15, 0.2) is 54.7 Å². The van der Waals surface area contributed by atoms with Crippen molar-refractivity contribution in [3.05, 3.63) is 54.7 Å². The van der Waals surface area contributed by atoms with Crippen molar-refractivity contribution >= 4 is 23.7 Å². The quantitative estimate of drug-likeness (QED) is 0.661. The predicted octanol–water partition coefficient (Wildman–Crippen LogP) is 4.40. The van der Waals surface area contributed by atoms with E-state index in [-0.39, 0.29) is 12.2 Å². The first kappa shape index (κ1) is 20.2. The van der Waals surface area contributed by atoms with Gasteiger partial charge in [0.1, 0.15) is 11.3 Å². The standard InChI is InChI=1S/C21H24N4O4/c1-14(2)28-20(26)23-25(21(27)29-15(3)4)19-18(16-10-6-5-7-11-16)22-17-12-8-9-13-24(17)19/h5-15H,1-4H3,(H,23,26). The van der Waals surface area contributed by atoms with Crippen LogP contribution in [0.2, 0.25) is 0 Å². The van der Waals surface area contributed by atoms with Crippen molar-refractivity contribution < 1.29 is 19.1 Å². The molecule has 2 heterocycles. The number of nitrogens with one attached hydrogen (secondary N) is 1. The van der Waals surface area contributed by atoms with Crippen molar-refractivity contribution in [1.82, 2.24) is 14.8 Å². The number of imidazole rings is 1. The summed E-state index contributed by atoms with van der Waals surface area (Å²) >= 11 is 0. The van der Waals surface area contributed by atoms with E-state index in [0.29, 0.717) is 17.2 Å². The molecule has 8 nitrogen and oxygen atoms in total. The van der Waals surface area contributed by atoms with Crippen LogP contribution in [0.5, 0.6) is 0 Å². The Balaban J connectivity index is 2.15. The number of amides is 2. The molecule has 1 N–H and O–H groups in total. The van der Waals surface area contributed by atoms with Crippen molar-refractivity contribution in [2.45, 2.75) is 39.9 Å². The fourth-order valence-corrected chi connectivity index (χ4v) is 2.76. The highest BCUT2D eigenvalue weighted by molar-refractivity contribution is 5.94. The Kier molecular flexibility index (Phi) is 6.01. The van der Waals surface area contributed by atoms with E-state index in [2.05, 4.69) is 10.4 Å². The number of hydrogen-bond donors (Lipinski definition) is 1. The number of ether oxygens (including phenoxy) is 2. The van der Waals surface area contributed by atoms with Crippen LogP contribution in [0, 0.1) is 0 Å². The van der Waals surface area contributed by atoms with Crippen LogP contribution in [0.3, 0.4) is 0 Å². The van der Waals surface area contributed by atoms with Crippen LogP contribution >= 0.6 is 0 Å². The molecule has 0 spiro atoms. The Bertz CT molecular complexity index is 998. The molecule has 152 valence electrons. The molecule has 0 aliphatic heterocycles. The zero-order valence-corrected chi connectivity index (χ0v) is 16.8. The lowest BCUT2D eigenvalue weighted by Crippen LogP contribution is -2.48. The molecule has 2 amide bonds. The highest BCUT2D eigenvalue weighted by Gasteiger charge is 2.29. The Labute approximate surface area is 169 Å². The maximum absolute atomic E-state index is 12.9. The van der Waals surface area contributed by atoms with Gasteiger partial charge >= 0.3 is 12.2 Å². The Hall–Kier alpha value is -3.55. The number of carbonyl (C=O) groups is 2. The van der Waals surface area contributed by atoms with E-state index < -0.39 is 12.2 Å². The molecule has 3 aromatic rings. The predicted molar refractivity (Wildman–Crippen MR) is 109 cm³/mol. The minimum atomic E-state index is -0.773. The minimum Gasteiger partial charge on any atom is -0.446 e. The van der Waals surface area contributed by atoms with Crippen molar-refractivity contribution in [2.75, 3.05) is 5.01 Å². The number of carbonyl (C=O) groups excluding carboxylic acids is 2. The van der Waals surface area contributed by atoms with Crippen LogP contribution in [0.1, 0.15) is 27.7 Å². The van der Waals surface area contributed by atoms with E-state index in [1.807, 2.05) is 48.5 Å². The van der Waals surface area contributed by atoms with Gasteiger partial charge < -0.3 is 9.47 Å². The molecule has 2 aromatic heterocycles. The highest BCUT2D eigenvalue weighted by Crippen LogP contribution is 2.31. The van der Waals surface area contributed by atoms with Crippen molar-refractivity contribution in [2.24, 2.45) is 0 Å². The summed E-state index contributed by atoms with van der Waals surface area (Å²) in [5, 5.41) is 1.03. The molecule has 8 heteroatoms. The summed E-state index contributed by atoms with van der Waals surface area (Å²) in [5.74, 6) is 0.346. The Morgan fingerprint density at radius 1 is 0.966 bits per heavy atom. The Morgan fingerprint density at radius 3 is 2.28 bits per heavy atom. The summed E-state index contributed by atoms with van der Waals surface area (Å²) in [5.41, 5.74) is 4.41. The largest absolute Gasteiger partial charge is 0.446 e. The maximum atomic E-state index is 12.9. The average Bonchev–Trinajstić information content (AvgIpc) is 3.05. The fourth-order valence-electron chi connectivity index (χ4n) is 2.76. The first-order valence-electron chi connectivity index (χ1n) is 9.37. The van der Waals surface area contributed by atoms with Crippen LogP contribution < -0.4 is 10.4 Å². The third-order valence-corrected chi connectivity index (χ3v) is 3.83. The van der Waals surface area contributed by atoms with Gasteiger partial charge in [-0.15, -0.1) is 0 Å². The zero-order valence-electron chi connectivity index (χ0n) is 16.8. The van der Waals surface area contributed by atoms with Gasteiger partial charge in [-0.1, -0.05) is 36.4 Å². The average molecular weight is 396 g/mol. The molecule has 0 bridgehead atoms. The van der Waals surface area contributed by atoms with Gasteiger partial charge in [0.25, 0.3) is 0 Å². The molecule has 1 aromatic carbocycles. The topological polar surface area (TPSA) is 85.2 Å². The molecule has 0 atom stereocenters. The highest BCUT2D eigenvalue weighted by atomic mass is 16.6. The lowest BCUT2D eigenvalue weighted by atomic mass is 10.1.